The summed E-state index contributed by atoms with van der Waals surface area (Å²) in [5, 5.41) is 0. The zero-order chi connectivity index (χ0) is 13.8. The lowest BCUT2D eigenvalue weighted by Gasteiger charge is -2.25. The number of hydrogen-bond acceptors (Lipinski definition) is 2. The lowest BCUT2D eigenvalue weighted by atomic mass is 10.1. The molecule has 1 amide bonds. The molecule has 0 aliphatic heterocycles. The molecular formula is C15H15BrN2O. The highest BCUT2D eigenvalue weighted by molar-refractivity contribution is 9.10. The molecule has 1 heterocycles. The Morgan fingerprint density at radius 2 is 1.74 bits per heavy atom. The van der Waals surface area contributed by atoms with Gasteiger partial charge in [-0.3, -0.25) is 9.78 Å². The number of carbonyl (C=O) groups is 1. The van der Waals surface area contributed by atoms with E-state index in [0.29, 0.717) is 5.56 Å². The Labute approximate surface area is 121 Å². The van der Waals surface area contributed by atoms with E-state index in [-0.39, 0.29) is 11.9 Å². The van der Waals surface area contributed by atoms with Gasteiger partial charge in [0.15, 0.2) is 0 Å². The number of carbonyl (C=O) groups excluding carboxylic acids is 1. The number of nitrogens with zero attached hydrogens (tertiary/aromatic N) is 2. The van der Waals surface area contributed by atoms with Crippen molar-refractivity contribution in [3.8, 4) is 0 Å². The molecule has 19 heavy (non-hydrogen) atoms. The standard InChI is InChI=1S/C15H15BrN2O/c1-11(12-7-9-17-10-8-12)18(2)15(19)13-3-5-14(16)6-4-13/h3-11H,1-2H3. The molecule has 0 bridgehead atoms. The van der Waals surface area contributed by atoms with Gasteiger partial charge < -0.3 is 4.90 Å². The van der Waals surface area contributed by atoms with E-state index >= 15 is 0 Å². The van der Waals surface area contributed by atoms with Crippen molar-refractivity contribution in [2.24, 2.45) is 0 Å². The van der Waals surface area contributed by atoms with Crippen molar-refractivity contribution in [2.75, 3.05) is 7.05 Å². The highest BCUT2D eigenvalue weighted by Crippen LogP contribution is 2.20. The van der Waals surface area contributed by atoms with Crippen LogP contribution in [0, 0.1) is 0 Å². The van der Waals surface area contributed by atoms with E-state index in [1.807, 2.05) is 50.4 Å². The SMILES string of the molecule is CC(c1ccncc1)N(C)C(=O)c1ccc(Br)cc1. The topological polar surface area (TPSA) is 33.2 Å². The molecular weight excluding hydrogens is 304 g/mol. The summed E-state index contributed by atoms with van der Waals surface area (Å²) in [6.45, 7) is 2.01. The van der Waals surface area contributed by atoms with Crippen molar-refractivity contribution in [3.63, 3.8) is 0 Å². The highest BCUT2D eigenvalue weighted by atomic mass is 79.9. The summed E-state index contributed by atoms with van der Waals surface area (Å²) in [5.41, 5.74) is 1.76. The first-order chi connectivity index (χ1) is 9.09. The van der Waals surface area contributed by atoms with Crippen LogP contribution in [0.5, 0.6) is 0 Å². The van der Waals surface area contributed by atoms with Crippen LogP contribution >= 0.6 is 15.9 Å². The molecule has 0 aliphatic rings. The minimum atomic E-state index is 0.0109. The molecule has 1 atom stereocenters. The number of aromatic nitrogens is 1. The third kappa shape index (κ3) is 3.20. The lowest BCUT2D eigenvalue weighted by molar-refractivity contribution is 0.0742. The molecule has 3 nitrogen and oxygen atoms in total. The largest absolute Gasteiger partial charge is 0.335 e. The smallest absolute Gasteiger partial charge is 0.254 e. The first-order valence-corrected chi connectivity index (χ1v) is 6.81. The van der Waals surface area contributed by atoms with E-state index in [1.54, 1.807) is 17.3 Å². The molecule has 1 aromatic carbocycles. The van der Waals surface area contributed by atoms with Crippen molar-refractivity contribution in [1.29, 1.82) is 0 Å². The second kappa shape index (κ2) is 5.97. The van der Waals surface area contributed by atoms with Crippen molar-refractivity contribution in [3.05, 3.63) is 64.4 Å². The quantitative estimate of drug-likeness (QED) is 0.865. The molecule has 0 N–H and O–H groups in total. The number of pyridine rings is 1. The Morgan fingerprint density at radius 1 is 1.16 bits per heavy atom. The molecule has 98 valence electrons. The predicted molar refractivity (Wildman–Crippen MR) is 78.9 cm³/mol. The summed E-state index contributed by atoms with van der Waals surface area (Å²) in [5.74, 6) is 0.0109. The molecule has 1 aromatic heterocycles. The van der Waals surface area contributed by atoms with E-state index in [2.05, 4.69) is 20.9 Å². The number of rotatable bonds is 3. The van der Waals surface area contributed by atoms with E-state index in [9.17, 15) is 4.79 Å². The fraction of sp³-hybridized carbons (Fsp3) is 0.200. The summed E-state index contributed by atoms with van der Waals surface area (Å²) in [4.78, 5) is 18.1. The third-order valence-corrected chi connectivity index (χ3v) is 3.71. The zero-order valence-electron chi connectivity index (χ0n) is 10.9. The van der Waals surface area contributed by atoms with Crippen LogP contribution < -0.4 is 0 Å². The Kier molecular flexibility index (Phi) is 4.32. The van der Waals surface area contributed by atoms with Crippen LogP contribution in [0.2, 0.25) is 0 Å². The normalized spacial score (nSPS) is 11.9. The number of halogens is 1. The lowest BCUT2D eigenvalue weighted by Crippen LogP contribution is -2.29. The summed E-state index contributed by atoms with van der Waals surface area (Å²) in [6.07, 6.45) is 3.48. The van der Waals surface area contributed by atoms with Gasteiger partial charge in [-0.05, 0) is 48.9 Å². The fourth-order valence-corrected chi connectivity index (χ4v) is 2.10. The molecule has 0 saturated heterocycles. The van der Waals surface area contributed by atoms with Gasteiger partial charge in [-0.15, -0.1) is 0 Å². The maximum absolute atomic E-state index is 12.4. The molecule has 0 radical (unpaired) electrons. The molecule has 2 rings (SSSR count). The Hall–Kier alpha value is -1.68. The monoisotopic (exact) mass is 318 g/mol. The molecule has 0 fully saturated rings. The highest BCUT2D eigenvalue weighted by Gasteiger charge is 2.18. The van der Waals surface area contributed by atoms with Gasteiger partial charge in [0.05, 0.1) is 6.04 Å². The summed E-state index contributed by atoms with van der Waals surface area (Å²) < 4.78 is 0.967. The van der Waals surface area contributed by atoms with Crippen molar-refractivity contribution >= 4 is 21.8 Å². The van der Waals surface area contributed by atoms with Crippen LogP contribution in [0.3, 0.4) is 0 Å². The molecule has 0 spiro atoms. The van der Waals surface area contributed by atoms with Gasteiger partial charge in [-0.1, -0.05) is 15.9 Å². The van der Waals surface area contributed by atoms with Gasteiger partial charge in [0, 0.05) is 29.5 Å². The fourth-order valence-electron chi connectivity index (χ4n) is 1.84. The summed E-state index contributed by atoms with van der Waals surface area (Å²) in [7, 11) is 1.81. The number of amides is 1. The van der Waals surface area contributed by atoms with Crippen molar-refractivity contribution in [2.45, 2.75) is 13.0 Å². The van der Waals surface area contributed by atoms with E-state index in [1.165, 1.54) is 0 Å². The molecule has 4 heteroatoms. The van der Waals surface area contributed by atoms with Gasteiger partial charge in [0.1, 0.15) is 0 Å². The van der Waals surface area contributed by atoms with Gasteiger partial charge >= 0.3 is 0 Å². The average Bonchev–Trinajstić information content (AvgIpc) is 2.46. The third-order valence-electron chi connectivity index (χ3n) is 3.18. The van der Waals surface area contributed by atoms with E-state index < -0.39 is 0 Å². The van der Waals surface area contributed by atoms with Crippen LogP contribution in [0.25, 0.3) is 0 Å². The van der Waals surface area contributed by atoms with Crippen LogP contribution in [0.1, 0.15) is 28.9 Å². The van der Waals surface area contributed by atoms with Crippen LogP contribution in [0.4, 0.5) is 0 Å². The van der Waals surface area contributed by atoms with Crippen LogP contribution in [0.15, 0.2) is 53.3 Å². The van der Waals surface area contributed by atoms with Gasteiger partial charge in [0.2, 0.25) is 0 Å². The maximum atomic E-state index is 12.4. The van der Waals surface area contributed by atoms with Crippen LogP contribution in [-0.4, -0.2) is 22.8 Å². The number of hydrogen-bond donors (Lipinski definition) is 0. The Morgan fingerprint density at radius 3 is 2.32 bits per heavy atom. The van der Waals surface area contributed by atoms with Gasteiger partial charge in [-0.25, -0.2) is 0 Å². The van der Waals surface area contributed by atoms with Crippen molar-refractivity contribution in [1.82, 2.24) is 9.88 Å². The Bertz CT molecular complexity index is 554. The Balaban J connectivity index is 2.17. The number of benzene rings is 1. The van der Waals surface area contributed by atoms with E-state index in [4.69, 9.17) is 0 Å². The molecule has 2 aromatic rings. The van der Waals surface area contributed by atoms with Gasteiger partial charge in [0.25, 0.3) is 5.91 Å². The van der Waals surface area contributed by atoms with Gasteiger partial charge in [-0.2, -0.15) is 0 Å². The molecule has 0 saturated carbocycles. The van der Waals surface area contributed by atoms with Crippen molar-refractivity contribution < 1.29 is 4.79 Å². The second-order valence-electron chi connectivity index (χ2n) is 4.38. The first kappa shape index (κ1) is 13.7. The van der Waals surface area contributed by atoms with E-state index in [0.717, 1.165) is 10.0 Å². The molecule has 1 unspecified atom stereocenters. The molecule has 0 aliphatic carbocycles. The maximum Gasteiger partial charge on any atom is 0.254 e. The summed E-state index contributed by atoms with van der Waals surface area (Å²) in [6, 6.07) is 11.3. The zero-order valence-corrected chi connectivity index (χ0v) is 12.5. The van der Waals surface area contributed by atoms with Crippen LogP contribution in [-0.2, 0) is 0 Å². The second-order valence-corrected chi connectivity index (χ2v) is 5.30. The first-order valence-electron chi connectivity index (χ1n) is 6.02. The minimum absolute atomic E-state index is 0.0109. The predicted octanol–water partition coefficient (Wildman–Crippen LogP) is 3.68. The average molecular weight is 319 g/mol. The minimum Gasteiger partial charge on any atom is -0.335 e. The summed E-state index contributed by atoms with van der Waals surface area (Å²) >= 11 is 3.37.